The second kappa shape index (κ2) is 8.01. The Kier molecular flexibility index (Phi) is 5.27. The van der Waals surface area contributed by atoms with Crippen molar-refractivity contribution in [1.29, 1.82) is 0 Å². The summed E-state index contributed by atoms with van der Waals surface area (Å²) in [5.74, 6) is -0.222. The van der Waals surface area contributed by atoms with Gasteiger partial charge in [0.05, 0.1) is 11.7 Å². The summed E-state index contributed by atoms with van der Waals surface area (Å²) in [6.45, 7) is 4.45. The monoisotopic (exact) mass is 403 g/mol. The van der Waals surface area contributed by atoms with Gasteiger partial charge in [-0.3, -0.25) is 14.2 Å². The van der Waals surface area contributed by atoms with Gasteiger partial charge in [0.25, 0.3) is 5.56 Å². The third-order valence-electron chi connectivity index (χ3n) is 4.88. The number of aryl methyl sites for hydroxylation is 2. The summed E-state index contributed by atoms with van der Waals surface area (Å²) < 4.78 is 1.38. The summed E-state index contributed by atoms with van der Waals surface area (Å²) in [4.78, 5) is 30.6. The molecule has 6 heteroatoms. The normalized spacial score (nSPS) is 11.0. The van der Waals surface area contributed by atoms with Crippen LogP contribution in [0, 0.1) is 13.8 Å². The Balaban J connectivity index is 1.62. The molecule has 1 amide bonds. The highest BCUT2D eigenvalue weighted by Crippen LogP contribution is 2.32. The fourth-order valence-corrected chi connectivity index (χ4v) is 4.30. The van der Waals surface area contributed by atoms with Crippen molar-refractivity contribution in [2.45, 2.75) is 26.9 Å². The number of hydrogen-bond donors (Lipinski definition) is 1. The minimum Gasteiger partial charge on any atom is -0.350 e. The number of fused-ring (bicyclic) bond motifs is 1. The second-order valence-corrected chi connectivity index (χ2v) is 7.95. The lowest BCUT2D eigenvalue weighted by Gasteiger charge is -2.09. The summed E-state index contributed by atoms with van der Waals surface area (Å²) in [5.41, 5.74) is 5.00. The van der Waals surface area contributed by atoms with E-state index in [0.717, 1.165) is 22.3 Å². The molecule has 0 fully saturated rings. The molecule has 0 radical (unpaired) electrons. The highest BCUT2D eigenvalue weighted by atomic mass is 32.1. The smallest absolute Gasteiger partial charge is 0.263 e. The molecule has 0 saturated heterocycles. The van der Waals surface area contributed by atoms with E-state index >= 15 is 0 Å². The minimum atomic E-state index is -0.222. The van der Waals surface area contributed by atoms with Gasteiger partial charge >= 0.3 is 0 Å². The molecule has 0 saturated carbocycles. The van der Waals surface area contributed by atoms with Crippen molar-refractivity contribution in [3.63, 3.8) is 0 Å². The van der Waals surface area contributed by atoms with Gasteiger partial charge in [0, 0.05) is 17.5 Å². The van der Waals surface area contributed by atoms with Crippen LogP contribution in [-0.2, 0) is 17.9 Å². The quantitative estimate of drug-likeness (QED) is 0.547. The summed E-state index contributed by atoms with van der Waals surface area (Å²) in [6, 6.07) is 15.9. The fraction of sp³-hybridized carbons (Fsp3) is 0.174. The predicted octanol–water partition coefficient (Wildman–Crippen LogP) is 4.06. The van der Waals surface area contributed by atoms with E-state index in [1.54, 1.807) is 0 Å². The fourth-order valence-electron chi connectivity index (χ4n) is 3.40. The van der Waals surface area contributed by atoms with Crippen LogP contribution in [-0.4, -0.2) is 15.5 Å². The van der Waals surface area contributed by atoms with Gasteiger partial charge in [-0.05, 0) is 30.5 Å². The maximum absolute atomic E-state index is 13.1. The number of nitrogens with zero attached hydrogens (tertiary/aromatic N) is 2. The Bertz CT molecular complexity index is 1240. The molecule has 0 aliphatic carbocycles. The van der Waals surface area contributed by atoms with Gasteiger partial charge in [0.2, 0.25) is 5.91 Å². The molecule has 1 N–H and O–H groups in total. The molecule has 2 heterocycles. The first-order valence-electron chi connectivity index (χ1n) is 9.38. The Morgan fingerprint density at radius 3 is 2.66 bits per heavy atom. The van der Waals surface area contributed by atoms with Crippen LogP contribution in [0.15, 0.2) is 65.0 Å². The molecule has 4 aromatic rings. The Hall–Kier alpha value is -3.25. The Morgan fingerprint density at radius 2 is 1.90 bits per heavy atom. The van der Waals surface area contributed by atoms with Crippen LogP contribution in [0.5, 0.6) is 0 Å². The zero-order valence-electron chi connectivity index (χ0n) is 16.3. The third-order valence-corrected chi connectivity index (χ3v) is 5.77. The molecule has 146 valence electrons. The van der Waals surface area contributed by atoms with E-state index in [1.165, 1.54) is 27.8 Å². The first kappa shape index (κ1) is 19.1. The van der Waals surface area contributed by atoms with Gasteiger partial charge in [-0.25, -0.2) is 4.98 Å². The summed E-state index contributed by atoms with van der Waals surface area (Å²) >= 11 is 1.45. The molecule has 4 rings (SSSR count). The number of aromatic nitrogens is 2. The number of nitrogens with one attached hydrogen (secondary N) is 1. The number of hydrogen-bond acceptors (Lipinski definition) is 4. The van der Waals surface area contributed by atoms with Crippen LogP contribution in [0.1, 0.15) is 16.7 Å². The van der Waals surface area contributed by atoms with Crippen LogP contribution in [0.4, 0.5) is 0 Å². The van der Waals surface area contributed by atoms with Crippen molar-refractivity contribution in [2.75, 3.05) is 0 Å². The average molecular weight is 404 g/mol. The number of rotatable bonds is 5. The molecule has 0 aliphatic rings. The third kappa shape index (κ3) is 3.98. The summed E-state index contributed by atoms with van der Waals surface area (Å²) in [7, 11) is 0. The lowest BCUT2D eigenvalue weighted by atomic mass is 9.99. The number of amides is 1. The molecule has 0 atom stereocenters. The molecule has 0 aliphatic heterocycles. The minimum absolute atomic E-state index is 0.0588. The van der Waals surface area contributed by atoms with Gasteiger partial charge in [0.1, 0.15) is 11.4 Å². The van der Waals surface area contributed by atoms with Gasteiger partial charge in [0.15, 0.2) is 0 Å². The van der Waals surface area contributed by atoms with Gasteiger partial charge in [-0.1, -0.05) is 54.1 Å². The van der Waals surface area contributed by atoms with E-state index in [9.17, 15) is 9.59 Å². The van der Waals surface area contributed by atoms with E-state index in [0.29, 0.717) is 16.8 Å². The van der Waals surface area contributed by atoms with Crippen molar-refractivity contribution < 1.29 is 4.79 Å². The van der Waals surface area contributed by atoms with Crippen molar-refractivity contribution in [1.82, 2.24) is 14.9 Å². The molecule has 0 unspecified atom stereocenters. The van der Waals surface area contributed by atoms with Crippen LogP contribution in [0.3, 0.4) is 0 Å². The molecule has 0 bridgehead atoms. The molecule has 5 nitrogen and oxygen atoms in total. The zero-order valence-corrected chi connectivity index (χ0v) is 17.1. The lowest BCUT2D eigenvalue weighted by molar-refractivity contribution is -0.121. The number of carbonyl (C=O) groups excluding carboxylic acids is 1. The molecule has 29 heavy (non-hydrogen) atoms. The molecule has 0 spiro atoms. The van der Waals surface area contributed by atoms with E-state index in [-0.39, 0.29) is 18.0 Å². The predicted molar refractivity (Wildman–Crippen MR) is 117 cm³/mol. The van der Waals surface area contributed by atoms with Crippen LogP contribution in [0.25, 0.3) is 21.3 Å². The molecular formula is C23H21N3O2S. The standard InChI is InChI=1S/C23H21N3O2S/c1-15-8-9-18(16(2)10-15)19-13-29-22-21(19)23(28)26(14-25-22)12-20(27)24-11-17-6-4-3-5-7-17/h3-10,13-14H,11-12H2,1-2H3,(H,24,27). The van der Waals surface area contributed by atoms with E-state index in [1.807, 2.05) is 61.7 Å². The summed E-state index contributed by atoms with van der Waals surface area (Å²) in [5, 5.41) is 5.39. The molecular weight excluding hydrogens is 382 g/mol. The topological polar surface area (TPSA) is 64.0 Å². The van der Waals surface area contributed by atoms with Crippen LogP contribution >= 0.6 is 11.3 Å². The van der Waals surface area contributed by atoms with Crippen LogP contribution in [0.2, 0.25) is 0 Å². The first-order chi connectivity index (χ1) is 14.0. The first-order valence-corrected chi connectivity index (χ1v) is 10.3. The van der Waals surface area contributed by atoms with Crippen LogP contribution < -0.4 is 10.9 Å². The SMILES string of the molecule is Cc1ccc(-c2csc3ncn(CC(=O)NCc4ccccc4)c(=O)c23)c(C)c1. The number of carbonyl (C=O) groups is 1. The summed E-state index contributed by atoms with van der Waals surface area (Å²) in [6.07, 6.45) is 1.45. The largest absolute Gasteiger partial charge is 0.350 e. The molecule has 2 aromatic carbocycles. The van der Waals surface area contributed by atoms with Gasteiger partial charge in [-0.2, -0.15) is 0 Å². The average Bonchev–Trinajstić information content (AvgIpc) is 3.14. The number of benzene rings is 2. The lowest BCUT2D eigenvalue weighted by Crippen LogP contribution is -2.32. The highest BCUT2D eigenvalue weighted by Gasteiger charge is 2.16. The van der Waals surface area contributed by atoms with E-state index in [4.69, 9.17) is 0 Å². The van der Waals surface area contributed by atoms with Crippen molar-refractivity contribution >= 4 is 27.5 Å². The van der Waals surface area contributed by atoms with Gasteiger partial charge < -0.3 is 5.32 Å². The highest BCUT2D eigenvalue weighted by molar-refractivity contribution is 7.17. The Morgan fingerprint density at radius 1 is 1.10 bits per heavy atom. The molecule has 2 aromatic heterocycles. The maximum atomic E-state index is 13.1. The Labute approximate surface area is 172 Å². The number of thiophene rings is 1. The van der Waals surface area contributed by atoms with Crippen molar-refractivity contribution in [3.8, 4) is 11.1 Å². The van der Waals surface area contributed by atoms with E-state index in [2.05, 4.69) is 16.4 Å². The maximum Gasteiger partial charge on any atom is 0.263 e. The van der Waals surface area contributed by atoms with Crippen molar-refractivity contribution in [3.05, 3.63) is 87.3 Å². The van der Waals surface area contributed by atoms with Gasteiger partial charge in [-0.15, -0.1) is 11.3 Å². The second-order valence-electron chi connectivity index (χ2n) is 7.09. The zero-order chi connectivity index (χ0) is 20.4. The van der Waals surface area contributed by atoms with E-state index < -0.39 is 0 Å². The van der Waals surface area contributed by atoms with Crippen molar-refractivity contribution in [2.24, 2.45) is 0 Å².